The molecule has 0 spiro atoms. The van der Waals surface area contributed by atoms with Gasteiger partial charge >= 0.3 is 5.97 Å². The Morgan fingerprint density at radius 3 is 3.07 bits per heavy atom. The molecule has 0 amide bonds. The number of nitrogens with zero attached hydrogens (tertiary/aromatic N) is 1. The Morgan fingerprint density at radius 2 is 2.53 bits per heavy atom. The van der Waals surface area contributed by atoms with Gasteiger partial charge in [0.1, 0.15) is 0 Å². The van der Waals surface area contributed by atoms with Crippen molar-refractivity contribution in [3.8, 4) is 0 Å². The standard InChI is InChI=1S/C11H17NO3/c1-3-6-11(10(13)15-2)7-4-5-9(8-11)12-14/h3,14H,1,4-8H2,2H3/b12-9+/t11-/m0/s1. The van der Waals surface area contributed by atoms with E-state index >= 15 is 0 Å². The van der Waals surface area contributed by atoms with E-state index in [-0.39, 0.29) is 5.97 Å². The lowest BCUT2D eigenvalue weighted by Gasteiger charge is -2.33. The normalized spacial score (nSPS) is 28.7. The molecule has 15 heavy (non-hydrogen) atoms. The lowest BCUT2D eigenvalue weighted by molar-refractivity contribution is -0.153. The average Bonchev–Trinajstić information content (AvgIpc) is 2.28. The highest BCUT2D eigenvalue weighted by Crippen LogP contribution is 2.39. The van der Waals surface area contributed by atoms with Crippen molar-refractivity contribution >= 4 is 11.7 Å². The third kappa shape index (κ3) is 2.37. The Labute approximate surface area is 89.6 Å². The van der Waals surface area contributed by atoms with Gasteiger partial charge in [0, 0.05) is 6.42 Å². The molecule has 0 saturated heterocycles. The van der Waals surface area contributed by atoms with Gasteiger partial charge in [-0.3, -0.25) is 4.79 Å². The van der Waals surface area contributed by atoms with E-state index in [1.165, 1.54) is 7.11 Å². The van der Waals surface area contributed by atoms with Crippen LogP contribution >= 0.6 is 0 Å². The van der Waals surface area contributed by atoms with Crippen molar-refractivity contribution in [2.75, 3.05) is 7.11 Å². The number of oxime groups is 1. The summed E-state index contributed by atoms with van der Waals surface area (Å²) in [7, 11) is 1.39. The molecule has 0 aromatic carbocycles. The van der Waals surface area contributed by atoms with Crippen LogP contribution in [0.4, 0.5) is 0 Å². The third-order valence-electron chi connectivity index (χ3n) is 2.96. The summed E-state index contributed by atoms with van der Waals surface area (Å²) in [6, 6.07) is 0. The third-order valence-corrected chi connectivity index (χ3v) is 2.96. The molecular formula is C11H17NO3. The molecule has 1 saturated carbocycles. The van der Waals surface area contributed by atoms with Crippen LogP contribution in [-0.2, 0) is 9.53 Å². The summed E-state index contributed by atoms with van der Waals surface area (Å²) >= 11 is 0. The SMILES string of the molecule is C=CC[C@]1(C(=O)OC)CCC/C(=N\O)C1. The molecule has 1 rings (SSSR count). The summed E-state index contributed by atoms with van der Waals surface area (Å²) in [5.74, 6) is -0.233. The number of esters is 1. The van der Waals surface area contributed by atoms with Gasteiger partial charge in [-0.15, -0.1) is 6.58 Å². The second-order valence-corrected chi connectivity index (χ2v) is 3.96. The van der Waals surface area contributed by atoms with E-state index in [4.69, 9.17) is 9.94 Å². The van der Waals surface area contributed by atoms with Gasteiger partial charge in [-0.1, -0.05) is 11.2 Å². The molecule has 1 atom stereocenters. The van der Waals surface area contributed by atoms with Crippen molar-refractivity contribution in [2.45, 2.75) is 32.1 Å². The summed E-state index contributed by atoms with van der Waals surface area (Å²) in [5.41, 5.74) is 0.115. The molecule has 0 aromatic rings. The second-order valence-electron chi connectivity index (χ2n) is 3.96. The Bertz CT molecular complexity index is 286. The van der Waals surface area contributed by atoms with Gasteiger partial charge in [0.15, 0.2) is 0 Å². The maximum absolute atomic E-state index is 11.7. The highest BCUT2D eigenvalue weighted by atomic mass is 16.5. The van der Waals surface area contributed by atoms with E-state index in [0.29, 0.717) is 18.6 Å². The maximum Gasteiger partial charge on any atom is 0.312 e. The first kappa shape index (κ1) is 11.8. The van der Waals surface area contributed by atoms with Gasteiger partial charge in [0.25, 0.3) is 0 Å². The zero-order valence-corrected chi connectivity index (χ0v) is 9.03. The zero-order chi connectivity index (χ0) is 11.3. The summed E-state index contributed by atoms with van der Waals surface area (Å²) in [6.45, 7) is 3.66. The van der Waals surface area contributed by atoms with E-state index in [1.807, 2.05) is 0 Å². The van der Waals surface area contributed by atoms with Crippen LogP contribution in [0.5, 0.6) is 0 Å². The molecule has 0 heterocycles. The fourth-order valence-corrected chi connectivity index (χ4v) is 2.21. The van der Waals surface area contributed by atoms with Crippen LogP contribution in [0.15, 0.2) is 17.8 Å². The van der Waals surface area contributed by atoms with Crippen molar-refractivity contribution in [3.63, 3.8) is 0 Å². The van der Waals surface area contributed by atoms with E-state index in [9.17, 15) is 4.79 Å². The van der Waals surface area contributed by atoms with E-state index in [2.05, 4.69) is 11.7 Å². The minimum atomic E-state index is -0.559. The fourth-order valence-electron chi connectivity index (χ4n) is 2.21. The van der Waals surface area contributed by atoms with Crippen LogP contribution in [-0.4, -0.2) is 24.0 Å². The van der Waals surface area contributed by atoms with Crippen LogP contribution in [0.3, 0.4) is 0 Å². The Hall–Kier alpha value is -1.32. The lowest BCUT2D eigenvalue weighted by Crippen LogP contribution is -2.37. The first-order valence-corrected chi connectivity index (χ1v) is 5.07. The minimum Gasteiger partial charge on any atom is -0.469 e. The number of hydrogen-bond donors (Lipinski definition) is 1. The monoisotopic (exact) mass is 211 g/mol. The van der Waals surface area contributed by atoms with Crippen molar-refractivity contribution < 1.29 is 14.7 Å². The number of carbonyl (C=O) groups is 1. The van der Waals surface area contributed by atoms with Gasteiger partial charge in [0.2, 0.25) is 0 Å². The zero-order valence-electron chi connectivity index (χ0n) is 9.03. The van der Waals surface area contributed by atoms with Crippen LogP contribution < -0.4 is 0 Å². The molecule has 0 aliphatic heterocycles. The van der Waals surface area contributed by atoms with Crippen molar-refractivity contribution in [1.82, 2.24) is 0 Å². The van der Waals surface area contributed by atoms with E-state index in [0.717, 1.165) is 19.3 Å². The Morgan fingerprint density at radius 1 is 1.80 bits per heavy atom. The quantitative estimate of drug-likeness (QED) is 0.336. The van der Waals surface area contributed by atoms with Crippen LogP contribution in [0.25, 0.3) is 0 Å². The molecular weight excluding hydrogens is 194 g/mol. The average molecular weight is 211 g/mol. The van der Waals surface area contributed by atoms with Crippen LogP contribution in [0, 0.1) is 5.41 Å². The number of hydrogen-bond acceptors (Lipinski definition) is 4. The Balaban J connectivity index is 2.89. The maximum atomic E-state index is 11.7. The van der Waals surface area contributed by atoms with Gasteiger partial charge in [-0.2, -0.15) is 0 Å². The second kappa shape index (κ2) is 4.96. The first-order valence-electron chi connectivity index (χ1n) is 5.07. The number of ether oxygens (including phenoxy) is 1. The predicted molar refractivity (Wildman–Crippen MR) is 57.0 cm³/mol. The summed E-state index contributed by atoms with van der Waals surface area (Å²) in [4.78, 5) is 11.7. The molecule has 1 aliphatic carbocycles. The van der Waals surface area contributed by atoms with Gasteiger partial charge in [-0.05, 0) is 25.7 Å². The highest BCUT2D eigenvalue weighted by molar-refractivity contribution is 5.91. The topological polar surface area (TPSA) is 58.9 Å². The molecule has 0 radical (unpaired) electrons. The molecule has 4 nitrogen and oxygen atoms in total. The number of allylic oxidation sites excluding steroid dienone is 1. The van der Waals surface area contributed by atoms with Gasteiger partial charge in [0.05, 0.1) is 18.2 Å². The number of methoxy groups -OCH3 is 1. The van der Waals surface area contributed by atoms with Crippen molar-refractivity contribution in [2.24, 2.45) is 10.6 Å². The summed E-state index contributed by atoms with van der Waals surface area (Å²) in [6.07, 6.45) is 5.14. The first-order chi connectivity index (χ1) is 7.18. The smallest absolute Gasteiger partial charge is 0.312 e. The molecule has 0 unspecified atom stereocenters. The van der Waals surface area contributed by atoms with Crippen molar-refractivity contribution in [1.29, 1.82) is 0 Å². The van der Waals surface area contributed by atoms with Crippen LogP contribution in [0.1, 0.15) is 32.1 Å². The van der Waals surface area contributed by atoms with Gasteiger partial charge in [-0.25, -0.2) is 0 Å². The largest absolute Gasteiger partial charge is 0.469 e. The molecule has 0 bridgehead atoms. The van der Waals surface area contributed by atoms with Crippen molar-refractivity contribution in [3.05, 3.63) is 12.7 Å². The lowest BCUT2D eigenvalue weighted by atomic mass is 9.71. The minimum absolute atomic E-state index is 0.233. The molecule has 1 fully saturated rings. The van der Waals surface area contributed by atoms with E-state index < -0.39 is 5.41 Å². The number of carbonyl (C=O) groups excluding carboxylic acids is 1. The predicted octanol–water partition coefficient (Wildman–Crippen LogP) is 2.13. The summed E-state index contributed by atoms with van der Waals surface area (Å²) < 4.78 is 4.82. The fraction of sp³-hybridized carbons (Fsp3) is 0.636. The van der Waals surface area contributed by atoms with Crippen LogP contribution in [0.2, 0.25) is 0 Å². The highest BCUT2D eigenvalue weighted by Gasteiger charge is 2.41. The molecule has 4 heteroatoms. The van der Waals surface area contributed by atoms with Gasteiger partial charge < -0.3 is 9.94 Å². The summed E-state index contributed by atoms with van der Waals surface area (Å²) in [5, 5.41) is 12.0. The molecule has 0 aromatic heterocycles. The Kier molecular flexibility index (Phi) is 3.88. The van der Waals surface area contributed by atoms with E-state index in [1.54, 1.807) is 6.08 Å². The molecule has 84 valence electrons. The molecule has 1 N–H and O–H groups in total. The number of rotatable bonds is 3. The molecule has 1 aliphatic rings.